The molecule has 0 bridgehead atoms. The Labute approximate surface area is 203 Å². The molecule has 0 unspecified atom stereocenters. The van der Waals surface area contributed by atoms with E-state index in [2.05, 4.69) is 39.4 Å². The molecule has 6 rings (SSSR count). The summed E-state index contributed by atoms with van der Waals surface area (Å²) in [6.45, 7) is 6.37. The number of nitrogens with one attached hydrogen (secondary N) is 1. The molecule has 174 valence electrons. The molecule has 0 aliphatic carbocycles. The molecule has 2 aromatic carbocycles. The van der Waals surface area contributed by atoms with Crippen LogP contribution in [0.5, 0.6) is 0 Å². The number of hydrogen-bond donors (Lipinski definition) is 1. The van der Waals surface area contributed by atoms with E-state index >= 15 is 0 Å². The third kappa shape index (κ3) is 4.49. The van der Waals surface area contributed by atoms with E-state index in [9.17, 15) is 0 Å². The number of hydrogen-bond acceptors (Lipinski definition) is 8. The summed E-state index contributed by atoms with van der Waals surface area (Å²) in [6.07, 6.45) is 2.38. The molecule has 0 atom stereocenters. The van der Waals surface area contributed by atoms with Crippen molar-refractivity contribution in [3.8, 4) is 11.3 Å². The van der Waals surface area contributed by atoms with E-state index < -0.39 is 0 Å². The van der Waals surface area contributed by atoms with Crippen molar-refractivity contribution in [2.75, 3.05) is 49.6 Å². The van der Waals surface area contributed by atoms with Gasteiger partial charge in [0.1, 0.15) is 0 Å². The minimum absolute atomic E-state index is 0.784. The fraction of sp³-hybridized carbons (Fsp3) is 0.346. The summed E-state index contributed by atoms with van der Waals surface area (Å²) in [5.74, 6) is 1.70. The molecule has 2 saturated heterocycles. The number of fused-ring (bicyclic) bond motifs is 1. The first kappa shape index (κ1) is 21.5. The number of benzene rings is 2. The molecule has 0 spiro atoms. The zero-order chi connectivity index (χ0) is 22.7. The Bertz CT molecular complexity index is 1270. The number of aromatic nitrogens is 3. The van der Waals surface area contributed by atoms with Gasteiger partial charge in [0, 0.05) is 43.2 Å². The highest BCUT2D eigenvalue weighted by Crippen LogP contribution is 2.36. The maximum absolute atomic E-state index is 5.55. The second-order valence-electron chi connectivity index (χ2n) is 8.75. The van der Waals surface area contributed by atoms with Gasteiger partial charge >= 0.3 is 0 Å². The normalized spacial score (nSPS) is 16.9. The molecule has 34 heavy (non-hydrogen) atoms. The van der Waals surface area contributed by atoms with Crippen LogP contribution in [0.15, 0.2) is 54.6 Å². The van der Waals surface area contributed by atoms with Crippen molar-refractivity contribution in [3.05, 3.63) is 59.5 Å². The lowest BCUT2D eigenvalue weighted by Gasteiger charge is -2.26. The minimum Gasteiger partial charge on any atom is -0.379 e. The molecule has 4 aromatic rings. The largest absolute Gasteiger partial charge is 0.379 e. The molecule has 0 amide bonds. The first-order valence-corrected chi connectivity index (χ1v) is 12.8. The summed E-state index contributed by atoms with van der Waals surface area (Å²) >= 11 is 1.71. The Kier molecular flexibility index (Phi) is 6.10. The smallest absolute Gasteiger partial charge is 0.189 e. The molecule has 0 radical (unpaired) electrons. The fourth-order valence-electron chi connectivity index (χ4n) is 4.62. The van der Waals surface area contributed by atoms with Crippen molar-refractivity contribution in [2.24, 2.45) is 0 Å². The van der Waals surface area contributed by atoms with Crippen LogP contribution >= 0.6 is 11.3 Å². The van der Waals surface area contributed by atoms with Crippen LogP contribution in [0.4, 0.5) is 16.8 Å². The van der Waals surface area contributed by atoms with Gasteiger partial charge in [-0.1, -0.05) is 53.8 Å². The maximum atomic E-state index is 5.55. The van der Waals surface area contributed by atoms with Crippen LogP contribution in [0.1, 0.15) is 17.7 Å². The average molecular weight is 473 g/mol. The van der Waals surface area contributed by atoms with E-state index in [1.807, 2.05) is 30.3 Å². The van der Waals surface area contributed by atoms with Gasteiger partial charge in [0.25, 0.3) is 0 Å². The highest BCUT2D eigenvalue weighted by molar-refractivity contribution is 7.16. The summed E-state index contributed by atoms with van der Waals surface area (Å²) in [6, 6.07) is 18.5. The Morgan fingerprint density at radius 2 is 1.53 bits per heavy atom. The molecular weight excluding hydrogens is 444 g/mol. The van der Waals surface area contributed by atoms with E-state index in [-0.39, 0.29) is 0 Å². The summed E-state index contributed by atoms with van der Waals surface area (Å²) < 4.78 is 5.55. The number of nitrogens with zero attached hydrogens (tertiary/aromatic N) is 5. The molecule has 1 N–H and O–H groups in total. The zero-order valence-electron chi connectivity index (χ0n) is 19.1. The van der Waals surface area contributed by atoms with Gasteiger partial charge in [-0.2, -0.15) is 0 Å². The molecule has 0 saturated carbocycles. The van der Waals surface area contributed by atoms with E-state index in [4.69, 9.17) is 19.7 Å². The number of morpholine rings is 1. The van der Waals surface area contributed by atoms with Gasteiger partial charge in [-0.25, -0.2) is 15.0 Å². The second kappa shape index (κ2) is 9.66. The lowest BCUT2D eigenvalue weighted by molar-refractivity contribution is 0.0347. The van der Waals surface area contributed by atoms with Gasteiger partial charge in [-0.05, 0) is 25.0 Å². The van der Waals surface area contributed by atoms with Crippen LogP contribution in [0, 0.1) is 0 Å². The van der Waals surface area contributed by atoms with Crippen LogP contribution in [0.3, 0.4) is 0 Å². The summed E-state index contributed by atoms with van der Waals surface area (Å²) in [4.78, 5) is 21.0. The van der Waals surface area contributed by atoms with Gasteiger partial charge in [0.2, 0.25) is 0 Å². The Morgan fingerprint density at radius 3 is 2.29 bits per heavy atom. The third-order valence-corrected chi connectivity index (χ3v) is 7.35. The van der Waals surface area contributed by atoms with Gasteiger partial charge in [0.15, 0.2) is 16.8 Å². The maximum Gasteiger partial charge on any atom is 0.189 e. The molecule has 2 fully saturated rings. The fourth-order valence-corrected chi connectivity index (χ4v) is 5.65. The standard InChI is InChI=1S/C26H28N6OS/c1-2-8-19(9-3-1)23-22(18-31-14-16-33-17-15-31)34-26(29-23)30-24-25(32-12-6-7-13-32)28-21-11-5-4-10-20(21)27-24/h1-5,8-11H,6-7,12-18H2,(H,27,29,30). The van der Waals surface area contributed by atoms with Crippen molar-refractivity contribution < 1.29 is 4.74 Å². The third-order valence-electron chi connectivity index (χ3n) is 6.40. The SMILES string of the molecule is c1ccc(-c2nc(Nc3nc4ccccc4nc3N3CCCC3)sc2CN2CCOCC2)cc1. The van der Waals surface area contributed by atoms with Crippen LogP contribution in [-0.2, 0) is 11.3 Å². The molecule has 7 nitrogen and oxygen atoms in total. The number of rotatable bonds is 6. The average Bonchev–Trinajstić information content (AvgIpc) is 3.55. The lowest BCUT2D eigenvalue weighted by atomic mass is 10.1. The van der Waals surface area contributed by atoms with Crippen molar-refractivity contribution >= 4 is 39.1 Å². The van der Waals surface area contributed by atoms with Crippen LogP contribution in [0.2, 0.25) is 0 Å². The van der Waals surface area contributed by atoms with Crippen molar-refractivity contribution in [1.29, 1.82) is 0 Å². The van der Waals surface area contributed by atoms with Crippen LogP contribution in [0.25, 0.3) is 22.3 Å². The lowest BCUT2D eigenvalue weighted by Crippen LogP contribution is -2.35. The van der Waals surface area contributed by atoms with E-state index in [1.54, 1.807) is 11.3 Å². The molecule has 2 aliphatic rings. The predicted octanol–water partition coefficient (Wildman–Crippen LogP) is 4.93. The molecule has 2 aliphatic heterocycles. The highest BCUT2D eigenvalue weighted by Gasteiger charge is 2.22. The molecular formula is C26H28N6OS. The number of para-hydroxylation sites is 2. The molecule has 8 heteroatoms. The van der Waals surface area contributed by atoms with Gasteiger partial charge < -0.3 is 15.0 Å². The Balaban J connectivity index is 1.37. The van der Waals surface area contributed by atoms with Crippen LogP contribution < -0.4 is 10.2 Å². The molecule has 4 heterocycles. The quantitative estimate of drug-likeness (QED) is 0.427. The van der Waals surface area contributed by atoms with Gasteiger partial charge in [-0.15, -0.1) is 0 Å². The number of thiazole rings is 1. The van der Waals surface area contributed by atoms with Gasteiger partial charge in [0.05, 0.1) is 29.9 Å². The zero-order valence-corrected chi connectivity index (χ0v) is 19.9. The predicted molar refractivity (Wildman–Crippen MR) is 138 cm³/mol. The summed E-state index contributed by atoms with van der Waals surface area (Å²) in [7, 11) is 0. The van der Waals surface area contributed by atoms with Crippen molar-refractivity contribution in [2.45, 2.75) is 19.4 Å². The second-order valence-corrected chi connectivity index (χ2v) is 9.83. The van der Waals surface area contributed by atoms with E-state index in [1.165, 1.54) is 17.7 Å². The minimum atomic E-state index is 0.784. The molecule has 2 aromatic heterocycles. The Morgan fingerprint density at radius 1 is 0.824 bits per heavy atom. The topological polar surface area (TPSA) is 66.4 Å². The number of ether oxygens (including phenoxy) is 1. The van der Waals surface area contributed by atoms with Gasteiger partial charge in [-0.3, -0.25) is 4.90 Å². The number of anilines is 3. The highest BCUT2D eigenvalue weighted by atomic mass is 32.1. The van der Waals surface area contributed by atoms with Crippen LogP contribution in [-0.4, -0.2) is 59.2 Å². The monoisotopic (exact) mass is 472 g/mol. The van der Waals surface area contributed by atoms with Crippen molar-refractivity contribution in [3.63, 3.8) is 0 Å². The van der Waals surface area contributed by atoms with E-state index in [0.29, 0.717) is 0 Å². The summed E-state index contributed by atoms with van der Waals surface area (Å²) in [5, 5.41) is 4.41. The van der Waals surface area contributed by atoms with Crippen molar-refractivity contribution in [1.82, 2.24) is 19.9 Å². The first-order chi connectivity index (χ1) is 16.8. The Hall–Kier alpha value is -3.07. The summed E-state index contributed by atoms with van der Waals surface area (Å²) in [5.41, 5.74) is 3.99. The van der Waals surface area contributed by atoms with E-state index in [0.717, 1.165) is 85.0 Å². The first-order valence-electron chi connectivity index (χ1n) is 12.0.